The summed E-state index contributed by atoms with van der Waals surface area (Å²) >= 11 is 0. The van der Waals surface area contributed by atoms with Gasteiger partial charge in [-0.25, -0.2) is 0 Å². The zero-order valence-corrected chi connectivity index (χ0v) is 8.66. The fourth-order valence-corrected chi connectivity index (χ4v) is 1.65. The van der Waals surface area contributed by atoms with E-state index in [4.69, 9.17) is 0 Å². The lowest BCUT2D eigenvalue weighted by atomic mass is 10.2. The van der Waals surface area contributed by atoms with E-state index in [9.17, 15) is 0 Å². The predicted molar refractivity (Wildman–Crippen MR) is 58.3 cm³/mol. The van der Waals surface area contributed by atoms with E-state index in [0.717, 1.165) is 13.1 Å². The maximum absolute atomic E-state index is 4.36. The molecular formula is C11H17N3. The summed E-state index contributed by atoms with van der Waals surface area (Å²) in [5.41, 5.74) is 2.35. The molecule has 2 rings (SSSR count). The zero-order valence-electron chi connectivity index (χ0n) is 8.66. The lowest BCUT2D eigenvalue weighted by Crippen LogP contribution is -2.36. The first-order valence-electron chi connectivity index (χ1n) is 5.29. The molecule has 1 N–H and O–H groups in total. The number of pyridine rings is 1. The van der Waals surface area contributed by atoms with Gasteiger partial charge >= 0.3 is 0 Å². The van der Waals surface area contributed by atoms with Crippen molar-refractivity contribution in [2.24, 2.45) is 0 Å². The van der Waals surface area contributed by atoms with Crippen LogP contribution in [0, 0.1) is 0 Å². The molecule has 0 aliphatic carbocycles. The summed E-state index contributed by atoms with van der Waals surface area (Å²) in [6, 6.07) is 4.16. The number of aromatic nitrogens is 1. The summed E-state index contributed by atoms with van der Waals surface area (Å²) in [4.78, 5) is 6.78. The van der Waals surface area contributed by atoms with Crippen molar-refractivity contribution in [3.63, 3.8) is 0 Å². The standard InChI is InChI=1S/C11H17N3/c1-2-12-10-4-5-13-11(8-10)9-14-6-3-7-14/h4-5,8H,2-3,6-7,9H2,1H3,(H,12,13). The number of hydrogen-bond donors (Lipinski definition) is 1. The number of nitrogens with one attached hydrogen (secondary N) is 1. The summed E-state index contributed by atoms with van der Waals surface area (Å²) in [5.74, 6) is 0. The van der Waals surface area contributed by atoms with Crippen molar-refractivity contribution in [1.82, 2.24) is 9.88 Å². The Kier molecular flexibility index (Phi) is 2.99. The molecule has 0 radical (unpaired) electrons. The molecule has 1 aliphatic rings. The van der Waals surface area contributed by atoms with E-state index in [1.54, 1.807) is 0 Å². The van der Waals surface area contributed by atoms with Gasteiger partial charge in [-0.15, -0.1) is 0 Å². The fourth-order valence-electron chi connectivity index (χ4n) is 1.65. The van der Waals surface area contributed by atoms with Crippen LogP contribution in [-0.2, 0) is 6.54 Å². The van der Waals surface area contributed by atoms with E-state index >= 15 is 0 Å². The van der Waals surface area contributed by atoms with Crippen molar-refractivity contribution in [2.75, 3.05) is 25.0 Å². The molecule has 0 aromatic carbocycles. The second-order valence-corrected chi connectivity index (χ2v) is 3.70. The molecule has 76 valence electrons. The van der Waals surface area contributed by atoms with Crippen molar-refractivity contribution < 1.29 is 0 Å². The number of rotatable bonds is 4. The monoisotopic (exact) mass is 191 g/mol. The maximum Gasteiger partial charge on any atom is 0.0564 e. The van der Waals surface area contributed by atoms with Crippen LogP contribution in [0.25, 0.3) is 0 Å². The van der Waals surface area contributed by atoms with Crippen LogP contribution in [0.1, 0.15) is 19.0 Å². The first-order chi connectivity index (χ1) is 6.88. The highest BCUT2D eigenvalue weighted by molar-refractivity contribution is 5.42. The van der Waals surface area contributed by atoms with Crippen LogP contribution in [0.3, 0.4) is 0 Å². The van der Waals surface area contributed by atoms with Crippen LogP contribution in [0.5, 0.6) is 0 Å². The van der Waals surface area contributed by atoms with Crippen molar-refractivity contribution in [3.05, 3.63) is 24.0 Å². The van der Waals surface area contributed by atoms with Crippen LogP contribution < -0.4 is 5.32 Å². The van der Waals surface area contributed by atoms with Gasteiger partial charge in [0.15, 0.2) is 0 Å². The third-order valence-electron chi connectivity index (χ3n) is 2.53. The third kappa shape index (κ3) is 2.23. The Hall–Kier alpha value is -1.09. The van der Waals surface area contributed by atoms with Gasteiger partial charge in [0.25, 0.3) is 0 Å². The van der Waals surface area contributed by atoms with Gasteiger partial charge < -0.3 is 5.32 Å². The Morgan fingerprint density at radius 2 is 2.36 bits per heavy atom. The molecular weight excluding hydrogens is 174 g/mol. The molecule has 1 aliphatic heterocycles. The first-order valence-corrected chi connectivity index (χ1v) is 5.29. The van der Waals surface area contributed by atoms with Crippen LogP contribution in [-0.4, -0.2) is 29.5 Å². The van der Waals surface area contributed by atoms with Crippen LogP contribution in [0.4, 0.5) is 5.69 Å². The second-order valence-electron chi connectivity index (χ2n) is 3.70. The average Bonchev–Trinajstić information content (AvgIpc) is 2.13. The van der Waals surface area contributed by atoms with E-state index in [1.165, 1.54) is 30.9 Å². The van der Waals surface area contributed by atoms with Gasteiger partial charge in [-0.1, -0.05) is 0 Å². The summed E-state index contributed by atoms with van der Waals surface area (Å²) in [6.07, 6.45) is 3.22. The van der Waals surface area contributed by atoms with E-state index in [1.807, 2.05) is 12.3 Å². The van der Waals surface area contributed by atoms with Gasteiger partial charge in [0.1, 0.15) is 0 Å². The molecule has 1 saturated heterocycles. The number of anilines is 1. The fraction of sp³-hybridized carbons (Fsp3) is 0.545. The Balaban J connectivity index is 1.97. The highest BCUT2D eigenvalue weighted by atomic mass is 15.2. The zero-order chi connectivity index (χ0) is 9.80. The highest BCUT2D eigenvalue weighted by Gasteiger charge is 2.14. The summed E-state index contributed by atoms with van der Waals surface area (Å²) < 4.78 is 0. The minimum Gasteiger partial charge on any atom is -0.385 e. The van der Waals surface area contributed by atoms with E-state index < -0.39 is 0 Å². The van der Waals surface area contributed by atoms with Gasteiger partial charge in [-0.05, 0) is 38.6 Å². The van der Waals surface area contributed by atoms with E-state index in [-0.39, 0.29) is 0 Å². The normalized spacial score (nSPS) is 16.4. The third-order valence-corrected chi connectivity index (χ3v) is 2.53. The number of hydrogen-bond acceptors (Lipinski definition) is 3. The van der Waals surface area contributed by atoms with Gasteiger partial charge in [-0.3, -0.25) is 9.88 Å². The Bertz CT molecular complexity index is 294. The summed E-state index contributed by atoms with van der Waals surface area (Å²) in [5, 5.41) is 3.30. The topological polar surface area (TPSA) is 28.2 Å². The molecule has 0 bridgehead atoms. The minimum atomic E-state index is 0.965. The lowest BCUT2D eigenvalue weighted by Gasteiger charge is -2.30. The number of likely N-dealkylation sites (tertiary alicyclic amines) is 1. The lowest BCUT2D eigenvalue weighted by molar-refractivity contribution is 0.170. The molecule has 3 nitrogen and oxygen atoms in total. The molecule has 0 saturated carbocycles. The van der Waals surface area contributed by atoms with Crippen molar-refractivity contribution in [2.45, 2.75) is 19.9 Å². The molecule has 0 unspecified atom stereocenters. The molecule has 1 aromatic rings. The van der Waals surface area contributed by atoms with Crippen LogP contribution >= 0.6 is 0 Å². The largest absolute Gasteiger partial charge is 0.385 e. The van der Waals surface area contributed by atoms with Crippen LogP contribution in [0.2, 0.25) is 0 Å². The Morgan fingerprint density at radius 3 is 3.00 bits per heavy atom. The highest BCUT2D eigenvalue weighted by Crippen LogP contribution is 2.13. The molecule has 0 amide bonds. The first kappa shape index (κ1) is 9.46. The maximum atomic E-state index is 4.36. The van der Waals surface area contributed by atoms with Gasteiger partial charge in [-0.2, -0.15) is 0 Å². The van der Waals surface area contributed by atoms with Crippen molar-refractivity contribution in [3.8, 4) is 0 Å². The Morgan fingerprint density at radius 1 is 1.50 bits per heavy atom. The molecule has 14 heavy (non-hydrogen) atoms. The molecule has 3 heteroatoms. The molecule has 0 spiro atoms. The average molecular weight is 191 g/mol. The van der Waals surface area contributed by atoms with E-state index in [2.05, 4.69) is 28.2 Å². The number of nitrogens with zero attached hydrogens (tertiary/aromatic N) is 2. The van der Waals surface area contributed by atoms with Crippen LogP contribution in [0.15, 0.2) is 18.3 Å². The summed E-state index contributed by atoms with van der Waals surface area (Å²) in [6.45, 7) is 6.53. The molecule has 1 fully saturated rings. The van der Waals surface area contributed by atoms with Gasteiger partial charge in [0, 0.05) is 25.0 Å². The second kappa shape index (κ2) is 4.42. The minimum absolute atomic E-state index is 0.965. The van der Waals surface area contributed by atoms with Crippen molar-refractivity contribution in [1.29, 1.82) is 0 Å². The quantitative estimate of drug-likeness (QED) is 0.785. The SMILES string of the molecule is CCNc1ccnc(CN2CCC2)c1. The smallest absolute Gasteiger partial charge is 0.0564 e. The van der Waals surface area contributed by atoms with Crippen molar-refractivity contribution >= 4 is 5.69 Å². The van der Waals surface area contributed by atoms with Gasteiger partial charge in [0.2, 0.25) is 0 Å². The molecule has 2 heterocycles. The molecule has 1 aromatic heterocycles. The summed E-state index contributed by atoms with van der Waals surface area (Å²) in [7, 11) is 0. The Labute approximate surface area is 85.1 Å². The van der Waals surface area contributed by atoms with Gasteiger partial charge in [0.05, 0.1) is 5.69 Å². The molecule has 0 atom stereocenters. The van der Waals surface area contributed by atoms with E-state index in [0.29, 0.717) is 0 Å². The predicted octanol–water partition coefficient (Wildman–Crippen LogP) is 1.72.